The van der Waals surface area contributed by atoms with Gasteiger partial charge in [-0.25, -0.2) is 0 Å². The smallest absolute Gasteiger partial charge is 0.159 e. The van der Waals surface area contributed by atoms with Gasteiger partial charge in [0.1, 0.15) is 5.75 Å². The van der Waals surface area contributed by atoms with Crippen molar-refractivity contribution in [3.63, 3.8) is 0 Å². The molecule has 0 amide bonds. The summed E-state index contributed by atoms with van der Waals surface area (Å²) in [5.41, 5.74) is 1.49. The summed E-state index contributed by atoms with van der Waals surface area (Å²) in [5, 5.41) is 0. The summed E-state index contributed by atoms with van der Waals surface area (Å²) in [6.45, 7) is 3.11. The summed E-state index contributed by atoms with van der Waals surface area (Å²) in [7, 11) is 1.60. The number of methoxy groups -OCH3 is 1. The number of ketones is 2. The summed E-state index contributed by atoms with van der Waals surface area (Å²) in [6.07, 6.45) is 0. The Morgan fingerprint density at radius 3 is 1.55 bits per heavy atom. The van der Waals surface area contributed by atoms with E-state index in [1.807, 2.05) is 30.3 Å². The molecule has 0 aliphatic heterocycles. The largest absolute Gasteiger partial charge is 0.497 e. The number of rotatable bonds is 3. The van der Waals surface area contributed by atoms with Crippen LogP contribution < -0.4 is 4.74 Å². The van der Waals surface area contributed by atoms with Crippen molar-refractivity contribution >= 4 is 11.6 Å². The van der Waals surface area contributed by atoms with Crippen LogP contribution in [0.3, 0.4) is 0 Å². The Morgan fingerprint density at radius 2 is 1.20 bits per heavy atom. The van der Waals surface area contributed by atoms with Crippen molar-refractivity contribution < 1.29 is 14.3 Å². The van der Waals surface area contributed by atoms with Crippen LogP contribution in [-0.2, 0) is 0 Å². The first kappa shape index (κ1) is 15.6. The molecule has 3 heteroatoms. The maximum Gasteiger partial charge on any atom is 0.159 e. The molecular formula is C17H18O3. The fourth-order valence-electron chi connectivity index (χ4n) is 1.50. The number of Topliss-reactive ketones (excluding diaryl/α,β-unsaturated/α-hetero) is 2. The summed E-state index contributed by atoms with van der Waals surface area (Å²) in [5.74, 6) is 0.971. The van der Waals surface area contributed by atoms with Crippen LogP contribution in [0.1, 0.15) is 34.6 Å². The summed E-state index contributed by atoms with van der Waals surface area (Å²) >= 11 is 0. The van der Waals surface area contributed by atoms with Crippen LogP contribution in [0.15, 0.2) is 54.6 Å². The fourth-order valence-corrected chi connectivity index (χ4v) is 1.50. The molecule has 0 aromatic heterocycles. The highest BCUT2D eigenvalue weighted by molar-refractivity contribution is 5.94. The zero-order chi connectivity index (χ0) is 15.0. The van der Waals surface area contributed by atoms with E-state index in [0.717, 1.165) is 11.3 Å². The second kappa shape index (κ2) is 7.89. The van der Waals surface area contributed by atoms with Crippen molar-refractivity contribution in [3.05, 3.63) is 65.7 Å². The minimum Gasteiger partial charge on any atom is -0.497 e. The normalized spacial score (nSPS) is 9.15. The Morgan fingerprint density at radius 1 is 0.750 bits per heavy atom. The van der Waals surface area contributed by atoms with Gasteiger partial charge in [-0.2, -0.15) is 0 Å². The minimum atomic E-state index is 0.0765. The lowest BCUT2D eigenvalue weighted by atomic mass is 10.1. The van der Waals surface area contributed by atoms with Gasteiger partial charge in [-0.3, -0.25) is 9.59 Å². The van der Waals surface area contributed by atoms with Crippen molar-refractivity contribution in [3.8, 4) is 5.75 Å². The molecule has 0 fully saturated rings. The summed E-state index contributed by atoms with van der Waals surface area (Å²) in [4.78, 5) is 21.4. The highest BCUT2D eigenvalue weighted by Crippen LogP contribution is 2.11. The van der Waals surface area contributed by atoms with Gasteiger partial charge in [0.2, 0.25) is 0 Å². The average Bonchev–Trinajstić information content (AvgIpc) is 2.49. The van der Waals surface area contributed by atoms with Gasteiger partial charge in [-0.05, 0) is 38.1 Å². The van der Waals surface area contributed by atoms with E-state index in [2.05, 4.69) is 0 Å². The van der Waals surface area contributed by atoms with E-state index in [-0.39, 0.29) is 11.6 Å². The molecule has 20 heavy (non-hydrogen) atoms. The average molecular weight is 270 g/mol. The van der Waals surface area contributed by atoms with Crippen molar-refractivity contribution in [1.82, 2.24) is 0 Å². The van der Waals surface area contributed by atoms with Gasteiger partial charge >= 0.3 is 0 Å². The quantitative estimate of drug-likeness (QED) is 0.797. The van der Waals surface area contributed by atoms with Crippen LogP contribution in [0.2, 0.25) is 0 Å². The van der Waals surface area contributed by atoms with E-state index >= 15 is 0 Å². The second-order valence-electron chi connectivity index (χ2n) is 4.21. The lowest BCUT2D eigenvalue weighted by Gasteiger charge is -1.98. The van der Waals surface area contributed by atoms with E-state index in [1.54, 1.807) is 45.2 Å². The molecule has 0 aliphatic carbocycles. The van der Waals surface area contributed by atoms with Gasteiger partial charge in [0, 0.05) is 11.1 Å². The number of hydrogen-bond acceptors (Lipinski definition) is 3. The number of benzene rings is 2. The van der Waals surface area contributed by atoms with Crippen molar-refractivity contribution in [2.24, 2.45) is 0 Å². The van der Waals surface area contributed by atoms with Gasteiger partial charge in [0.15, 0.2) is 11.6 Å². The third-order valence-corrected chi connectivity index (χ3v) is 2.68. The molecular weight excluding hydrogens is 252 g/mol. The monoisotopic (exact) mass is 270 g/mol. The minimum absolute atomic E-state index is 0.0765. The molecule has 0 aliphatic rings. The predicted molar refractivity (Wildman–Crippen MR) is 79.4 cm³/mol. The first-order valence-corrected chi connectivity index (χ1v) is 6.25. The fraction of sp³-hybridized carbons (Fsp3) is 0.176. The van der Waals surface area contributed by atoms with Crippen LogP contribution in [0.5, 0.6) is 5.75 Å². The SMILES string of the molecule is CC(=O)c1ccccc1.COc1ccc(C(C)=O)cc1. The Bertz CT molecular complexity index is 557. The topological polar surface area (TPSA) is 43.4 Å². The number of carbonyl (C=O) groups is 2. The van der Waals surface area contributed by atoms with Crippen molar-refractivity contribution in [1.29, 1.82) is 0 Å². The summed E-state index contributed by atoms with van der Waals surface area (Å²) in [6, 6.07) is 16.3. The molecule has 0 saturated heterocycles. The molecule has 0 bridgehead atoms. The molecule has 0 heterocycles. The molecule has 0 N–H and O–H groups in total. The summed E-state index contributed by atoms with van der Waals surface area (Å²) < 4.78 is 4.94. The molecule has 104 valence electrons. The Kier molecular flexibility index (Phi) is 6.17. The third kappa shape index (κ3) is 5.06. The van der Waals surface area contributed by atoms with E-state index in [4.69, 9.17) is 4.74 Å². The third-order valence-electron chi connectivity index (χ3n) is 2.68. The highest BCUT2D eigenvalue weighted by atomic mass is 16.5. The maximum atomic E-state index is 10.8. The van der Waals surface area contributed by atoms with Gasteiger partial charge in [0.25, 0.3) is 0 Å². The predicted octanol–water partition coefficient (Wildman–Crippen LogP) is 3.79. The van der Waals surface area contributed by atoms with Gasteiger partial charge < -0.3 is 4.74 Å². The molecule has 2 rings (SSSR count). The number of ether oxygens (including phenoxy) is 1. The second-order valence-corrected chi connectivity index (χ2v) is 4.21. The van der Waals surface area contributed by atoms with E-state index in [0.29, 0.717) is 5.56 Å². The molecule has 0 saturated carbocycles. The lowest BCUT2D eigenvalue weighted by molar-refractivity contribution is 0.100. The molecule has 0 radical (unpaired) electrons. The molecule has 0 spiro atoms. The van der Waals surface area contributed by atoms with Gasteiger partial charge in [-0.1, -0.05) is 30.3 Å². The lowest BCUT2D eigenvalue weighted by Crippen LogP contribution is -1.91. The van der Waals surface area contributed by atoms with Crippen LogP contribution >= 0.6 is 0 Å². The standard InChI is InChI=1S/C9H10O2.C8H8O/c1-7(10)8-3-5-9(11-2)6-4-8;1-7(9)8-5-3-2-4-6-8/h3-6H,1-2H3;2-6H,1H3. The Hall–Kier alpha value is -2.42. The van der Waals surface area contributed by atoms with Crippen LogP contribution in [-0.4, -0.2) is 18.7 Å². The first-order chi connectivity index (χ1) is 9.54. The molecule has 0 unspecified atom stereocenters. The van der Waals surface area contributed by atoms with Crippen LogP contribution in [0.4, 0.5) is 0 Å². The zero-order valence-corrected chi connectivity index (χ0v) is 11.9. The van der Waals surface area contributed by atoms with Crippen molar-refractivity contribution in [2.75, 3.05) is 7.11 Å². The van der Waals surface area contributed by atoms with Crippen molar-refractivity contribution in [2.45, 2.75) is 13.8 Å². The van der Waals surface area contributed by atoms with Crippen LogP contribution in [0.25, 0.3) is 0 Å². The van der Waals surface area contributed by atoms with E-state index in [1.165, 1.54) is 0 Å². The Balaban J connectivity index is 0.000000204. The van der Waals surface area contributed by atoms with Gasteiger partial charge in [0.05, 0.1) is 7.11 Å². The molecule has 2 aromatic rings. The van der Waals surface area contributed by atoms with Crippen LogP contribution in [0, 0.1) is 0 Å². The number of hydrogen-bond donors (Lipinski definition) is 0. The number of carbonyl (C=O) groups excluding carboxylic acids is 2. The first-order valence-electron chi connectivity index (χ1n) is 6.25. The molecule has 0 atom stereocenters. The van der Waals surface area contributed by atoms with Gasteiger partial charge in [-0.15, -0.1) is 0 Å². The maximum absolute atomic E-state index is 10.8. The van der Waals surface area contributed by atoms with E-state index < -0.39 is 0 Å². The zero-order valence-electron chi connectivity index (χ0n) is 11.9. The highest BCUT2D eigenvalue weighted by Gasteiger charge is 1.97. The van der Waals surface area contributed by atoms with E-state index in [9.17, 15) is 9.59 Å². The molecule has 3 nitrogen and oxygen atoms in total. The molecule has 2 aromatic carbocycles. The Labute approximate surface area is 119 Å².